The van der Waals surface area contributed by atoms with E-state index in [9.17, 15) is 9.18 Å². The first-order valence-corrected chi connectivity index (χ1v) is 5.02. The predicted molar refractivity (Wildman–Crippen MR) is 57.8 cm³/mol. The fourth-order valence-electron chi connectivity index (χ4n) is 1.50. The number of benzene rings is 1. The monoisotopic (exact) mass is 218 g/mol. The van der Waals surface area contributed by atoms with Crippen LogP contribution in [0.15, 0.2) is 30.3 Å². The van der Waals surface area contributed by atoms with Crippen molar-refractivity contribution in [1.82, 2.24) is 10.2 Å². The summed E-state index contributed by atoms with van der Waals surface area (Å²) in [5.74, 6) is -0.228. The van der Waals surface area contributed by atoms with Crippen LogP contribution in [0.25, 0.3) is 0 Å². The van der Waals surface area contributed by atoms with Crippen molar-refractivity contribution in [2.24, 2.45) is 0 Å². The molecule has 1 heterocycles. The number of hydrogen-bond donors (Lipinski definition) is 1. The van der Waals surface area contributed by atoms with Crippen molar-refractivity contribution in [2.75, 3.05) is 0 Å². The van der Waals surface area contributed by atoms with E-state index in [2.05, 4.69) is 10.2 Å². The second kappa shape index (κ2) is 4.70. The van der Waals surface area contributed by atoms with Crippen molar-refractivity contribution in [3.8, 4) is 0 Å². The maximum atomic E-state index is 12.6. The van der Waals surface area contributed by atoms with E-state index in [0.717, 1.165) is 24.1 Å². The summed E-state index contributed by atoms with van der Waals surface area (Å²) in [6.45, 7) is 0. The van der Waals surface area contributed by atoms with E-state index in [4.69, 9.17) is 0 Å². The van der Waals surface area contributed by atoms with Crippen LogP contribution in [0.5, 0.6) is 0 Å². The number of carbonyl (C=O) groups is 1. The molecule has 2 aromatic rings. The summed E-state index contributed by atoms with van der Waals surface area (Å²) in [5, 5.41) is 6.59. The molecule has 0 saturated carbocycles. The molecule has 16 heavy (non-hydrogen) atoms. The zero-order valence-corrected chi connectivity index (χ0v) is 8.61. The molecule has 0 fully saturated rings. The first-order valence-electron chi connectivity index (χ1n) is 5.02. The highest BCUT2D eigenvalue weighted by Crippen LogP contribution is 2.07. The van der Waals surface area contributed by atoms with Crippen LogP contribution >= 0.6 is 0 Å². The van der Waals surface area contributed by atoms with Crippen LogP contribution < -0.4 is 0 Å². The molecule has 2 rings (SSSR count). The van der Waals surface area contributed by atoms with Crippen molar-refractivity contribution in [2.45, 2.75) is 12.8 Å². The molecule has 0 saturated heterocycles. The van der Waals surface area contributed by atoms with Crippen LogP contribution in [0.4, 0.5) is 4.39 Å². The number of nitrogens with zero attached hydrogens (tertiary/aromatic N) is 1. The number of aromatic amines is 1. The molecular weight excluding hydrogens is 207 g/mol. The first kappa shape index (κ1) is 10.5. The number of aromatic nitrogens is 2. The number of hydrogen-bond acceptors (Lipinski definition) is 2. The number of carbonyl (C=O) groups excluding carboxylic acids is 1. The Bertz CT molecular complexity index is 476. The minimum absolute atomic E-state index is 0.228. The van der Waals surface area contributed by atoms with E-state index in [1.807, 2.05) is 0 Å². The summed E-state index contributed by atoms with van der Waals surface area (Å²) < 4.78 is 12.6. The summed E-state index contributed by atoms with van der Waals surface area (Å²) >= 11 is 0. The Morgan fingerprint density at radius 1 is 1.25 bits per heavy atom. The molecule has 4 heteroatoms. The Labute approximate surface area is 92.3 Å². The summed E-state index contributed by atoms with van der Waals surface area (Å²) in [4.78, 5) is 10.4. The second-order valence-electron chi connectivity index (χ2n) is 3.56. The average molecular weight is 218 g/mol. The normalized spacial score (nSPS) is 10.3. The number of aryl methyl sites for hydroxylation is 2. The highest BCUT2D eigenvalue weighted by molar-refractivity contribution is 5.71. The first-order chi connectivity index (χ1) is 7.78. The van der Waals surface area contributed by atoms with E-state index in [0.29, 0.717) is 12.0 Å². The molecule has 0 radical (unpaired) electrons. The lowest BCUT2D eigenvalue weighted by Crippen LogP contribution is -1.91. The van der Waals surface area contributed by atoms with Crippen LogP contribution in [0.3, 0.4) is 0 Å². The van der Waals surface area contributed by atoms with Crippen LogP contribution in [0.2, 0.25) is 0 Å². The topological polar surface area (TPSA) is 45.8 Å². The molecule has 0 aliphatic carbocycles. The van der Waals surface area contributed by atoms with Crippen molar-refractivity contribution < 1.29 is 9.18 Å². The molecule has 0 bridgehead atoms. The maximum absolute atomic E-state index is 12.6. The lowest BCUT2D eigenvalue weighted by molar-refractivity contribution is 0.111. The maximum Gasteiger partial charge on any atom is 0.170 e. The SMILES string of the molecule is O=Cc1cc(CCc2ccc(F)cc2)[nH]n1. The van der Waals surface area contributed by atoms with Crippen LogP contribution in [-0.4, -0.2) is 16.5 Å². The molecule has 1 N–H and O–H groups in total. The highest BCUT2D eigenvalue weighted by Gasteiger charge is 2.00. The third-order valence-corrected chi connectivity index (χ3v) is 2.37. The fraction of sp³-hybridized carbons (Fsp3) is 0.167. The van der Waals surface area contributed by atoms with Gasteiger partial charge in [0.2, 0.25) is 0 Å². The van der Waals surface area contributed by atoms with Crippen LogP contribution in [0, 0.1) is 5.82 Å². The van der Waals surface area contributed by atoms with Crippen LogP contribution in [0.1, 0.15) is 21.7 Å². The van der Waals surface area contributed by atoms with Gasteiger partial charge in [-0.2, -0.15) is 5.10 Å². The van der Waals surface area contributed by atoms with E-state index >= 15 is 0 Å². The predicted octanol–water partition coefficient (Wildman–Crippen LogP) is 2.15. The molecule has 0 spiro atoms. The Morgan fingerprint density at radius 3 is 2.62 bits per heavy atom. The van der Waals surface area contributed by atoms with Gasteiger partial charge in [-0.25, -0.2) is 4.39 Å². The largest absolute Gasteiger partial charge is 0.296 e. The van der Waals surface area contributed by atoms with E-state index in [1.165, 1.54) is 12.1 Å². The molecule has 0 atom stereocenters. The zero-order chi connectivity index (χ0) is 11.4. The lowest BCUT2D eigenvalue weighted by Gasteiger charge is -1.98. The van der Waals surface area contributed by atoms with Gasteiger partial charge in [0.1, 0.15) is 11.5 Å². The minimum Gasteiger partial charge on any atom is -0.296 e. The van der Waals surface area contributed by atoms with Gasteiger partial charge in [0.25, 0.3) is 0 Å². The minimum atomic E-state index is -0.228. The third-order valence-electron chi connectivity index (χ3n) is 2.37. The molecule has 1 aromatic heterocycles. The Balaban J connectivity index is 1.96. The second-order valence-corrected chi connectivity index (χ2v) is 3.56. The standard InChI is InChI=1S/C12H11FN2O/c13-10-4-1-9(2-5-10)3-6-11-7-12(8-16)15-14-11/h1-2,4-5,7-8H,3,6H2,(H,14,15). The summed E-state index contributed by atoms with van der Waals surface area (Å²) in [6.07, 6.45) is 2.26. The third kappa shape index (κ3) is 2.53. The number of rotatable bonds is 4. The number of halogens is 1. The number of aldehydes is 1. The molecular formula is C12H11FN2O. The van der Waals surface area contributed by atoms with Crippen molar-refractivity contribution >= 4 is 6.29 Å². The molecule has 0 amide bonds. The van der Waals surface area contributed by atoms with Crippen LogP contribution in [-0.2, 0) is 12.8 Å². The molecule has 0 aliphatic heterocycles. The Morgan fingerprint density at radius 2 is 2.00 bits per heavy atom. The number of H-pyrrole nitrogens is 1. The Hall–Kier alpha value is -1.97. The summed E-state index contributed by atoms with van der Waals surface area (Å²) in [7, 11) is 0. The average Bonchev–Trinajstić information content (AvgIpc) is 2.76. The van der Waals surface area contributed by atoms with Gasteiger partial charge < -0.3 is 0 Å². The van der Waals surface area contributed by atoms with Crippen molar-refractivity contribution in [3.63, 3.8) is 0 Å². The fourth-order valence-corrected chi connectivity index (χ4v) is 1.50. The van der Waals surface area contributed by atoms with Gasteiger partial charge in [-0.1, -0.05) is 12.1 Å². The Kier molecular flexibility index (Phi) is 3.10. The van der Waals surface area contributed by atoms with E-state index in [-0.39, 0.29) is 5.82 Å². The summed E-state index contributed by atoms with van der Waals surface area (Å²) in [6, 6.07) is 8.12. The molecule has 1 aromatic carbocycles. The van der Waals surface area contributed by atoms with Crippen molar-refractivity contribution in [3.05, 3.63) is 53.1 Å². The van der Waals surface area contributed by atoms with E-state index < -0.39 is 0 Å². The molecule has 0 aliphatic rings. The number of nitrogens with one attached hydrogen (secondary N) is 1. The molecule has 0 unspecified atom stereocenters. The van der Waals surface area contributed by atoms with Gasteiger partial charge in [-0.3, -0.25) is 9.89 Å². The van der Waals surface area contributed by atoms with Gasteiger partial charge in [-0.05, 0) is 36.6 Å². The van der Waals surface area contributed by atoms with Gasteiger partial charge in [0, 0.05) is 5.69 Å². The molecule has 82 valence electrons. The van der Waals surface area contributed by atoms with Gasteiger partial charge >= 0.3 is 0 Å². The smallest absolute Gasteiger partial charge is 0.170 e. The van der Waals surface area contributed by atoms with Gasteiger partial charge in [-0.15, -0.1) is 0 Å². The van der Waals surface area contributed by atoms with Crippen molar-refractivity contribution in [1.29, 1.82) is 0 Å². The molecule has 3 nitrogen and oxygen atoms in total. The van der Waals surface area contributed by atoms with E-state index in [1.54, 1.807) is 18.2 Å². The highest BCUT2D eigenvalue weighted by atomic mass is 19.1. The van der Waals surface area contributed by atoms with Gasteiger partial charge in [0.05, 0.1) is 0 Å². The summed E-state index contributed by atoms with van der Waals surface area (Å²) in [5.41, 5.74) is 2.38. The lowest BCUT2D eigenvalue weighted by atomic mass is 10.1. The quantitative estimate of drug-likeness (QED) is 0.799. The van der Waals surface area contributed by atoms with Gasteiger partial charge in [0.15, 0.2) is 6.29 Å². The zero-order valence-electron chi connectivity index (χ0n) is 8.61.